The molecule has 0 aliphatic carbocycles. The fourth-order valence-corrected chi connectivity index (χ4v) is 1.48. The highest BCUT2D eigenvalue weighted by Crippen LogP contribution is 2.13. The summed E-state index contributed by atoms with van der Waals surface area (Å²) >= 11 is 0. The molecule has 0 bridgehead atoms. The lowest BCUT2D eigenvalue weighted by Gasteiger charge is -2.05. The summed E-state index contributed by atoms with van der Waals surface area (Å²) in [6.07, 6.45) is 1.44. The third-order valence-electron chi connectivity index (χ3n) is 2.43. The first-order valence-electron chi connectivity index (χ1n) is 5.34. The van der Waals surface area contributed by atoms with Crippen molar-refractivity contribution in [2.45, 2.75) is 6.92 Å². The van der Waals surface area contributed by atoms with Crippen LogP contribution in [0.25, 0.3) is 0 Å². The van der Waals surface area contributed by atoms with E-state index in [1.54, 1.807) is 43.3 Å². The van der Waals surface area contributed by atoms with Gasteiger partial charge in [0.25, 0.3) is 5.91 Å². The number of anilines is 1. The lowest BCUT2D eigenvalue weighted by molar-refractivity contribution is 0.0996. The van der Waals surface area contributed by atoms with Gasteiger partial charge in [0.05, 0.1) is 12.0 Å². The molecule has 0 aliphatic rings. The van der Waals surface area contributed by atoms with Crippen LogP contribution in [-0.4, -0.2) is 16.8 Å². The van der Waals surface area contributed by atoms with Gasteiger partial charge in [-0.1, -0.05) is 17.3 Å². The number of carbonyl (C=O) groups is 1. The summed E-state index contributed by atoms with van der Waals surface area (Å²) in [4.78, 5) is 11.7. The van der Waals surface area contributed by atoms with Crippen LogP contribution >= 0.6 is 0 Å². The molecule has 2 rings (SSSR count). The zero-order valence-electron chi connectivity index (χ0n) is 9.75. The Morgan fingerprint density at radius 3 is 2.83 bits per heavy atom. The van der Waals surface area contributed by atoms with Gasteiger partial charge in [-0.15, -0.1) is 0 Å². The fourth-order valence-electron chi connectivity index (χ4n) is 1.48. The molecule has 92 valence electrons. The van der Waals surface area contributed by atoms with E-state index in [4.69, 9.17) is 9.62 Å². The number of nitrogens with zero attached hydrogens (tertiary/aromatic N) is 1. The SMILES string of the molecule is C/C(=N\O)c1cccc(NC(=O)c2ccco2)c1. The third kappa shape index (κ3) is 2.57. The molecule has 0 spiro atoms. The van der Waals surface area contributed by atoms with Crippen LogP contribution in [0.3, 0.4) is 0 Å². The summed E-state index contributed by atoms with van der Waals surface area (Å²) in [5, 5.41) is 14.5. The van der Waals surface area contributed by atoms with Gasteiger partial charge >= 0.3 is 0 Å². The van der Waals surface area contributed by atoms with Crippen LogP contribution in [0.15, 0.2) is 52.2 Å². The van der Waals surface area contributed by atoms with E-state index in [1.165, 1.54) is 6.26 Å². The van der Waals surface area contributed by atoms with E-state index < -0.39 is 0 Å². The topological polar surface area (TPSA) is 74.8 Å². The van der Waals surface area contributed by atoms with Gasteiger partial charge in [-0.25, -0.2) is 0 Å². The molecule has 5 heteroatoms. The molecule has 2 N–H and O–H groups in total. The molecule has 0 aliphatic heterocycles. The molecule has 0 radical (unpaired) electrons. The molecular formula is C13H12N2O3. The number of hydrogen-bond acceptors (Lipinski definition) is 4. The highest BCUT2D eigenvalue weighted by molar-refractivity contribution is 6.04. The Morgan fingerprint density at radius 1 is 1.33 bits per heavy atom. The van der Waals surface area contributed by atoms with Crippen molar-refractivity contribution < 1.29 is 14.4 Å². The van der Waals surface area contributed by atoms with E-state index in [0.717, 1.165) is 5.56 Å². The average molecular weight is 244 g/mol. The van der Waals surface area contributed by atoms with Crippen molar-refractivity contribution >= 4 is 17.3 Å². The standard InChI is InChI=1S/C13H12N2O3/c1-9(15-17)10-4-2-5-11(8-10)14-13(16)12-6-3-7-18-12/h2-8,17H,1H3,(H,14,16)/b15-9+. The summed E-state index contributed by atoms with van der Waals surface area (Å²) in [6, 6.07) is 10.2. The monoisotopic (exact) mass is 244 g/mol. The largest absolute Gasteiger partial charge is 0.459 e. The van der Waals surface area contributed by atoms with Crippen LogP contribution in [0.1, 0.15) is 23.0 Å². The minimum Gasteiger partial charge on any atom is -0.459 e. The second-order valence-corrected chi connectivity index (χ2v) is 3.70. The molecule has 2 aromatic rings. The highest BCUT2D eigenvalue weighted by Gasteiger charge is 2.09. The Kier molecular flexibility index (Phi) is 3.43. The van der Waals surface area contributed by atoms with Crippen LogP contribution in [0.4, 0.5) is 5.69 Å². The quantitative estimate of drug-likeness (QED) is 0.495. The molecule has 18 heavy (non-hydrogen) atoms. The average Bonchev–Trinajstić information content (AvgIpc) is 2.92. The molecule has 0 fully saturated rings. The molecule has 1 aromatic carbocycles. The smallest absolute Gasteiger partial charge is 0.291 e. The number of nitrogens with one attached hydrogen (secondary N) is 1. The van der Waals surface area contributed by atoms with Crippen molar-refractivity contribution in [2.75, 3.05) is 5.32 Å². The lowest BCUT2D eigenvalue weighted by Crippen LogP contribution is -2.11. The predicted molar refractivity (Wildman–Crippen MR) is 67.1 cm³/mol. The van der Waals surface area contributed by atoms with Gasteiger partial charge in [-0.05, 0) is 31.2 Å². The summed E-state index contributed by atoms with van der Waals surface area (Å²) in [5.41, 5.74) is 1.82. The zero-order valence-corrected chi connectivity index (χ0v) is 9.75. The minimum atomic E-state index is -0.323. The number of oxime groups is 1. The van der Waals surface area contributed by atoms with Crippen molar-refractivity contribution in [1.29, 1.82) is 0 Å². The minimum absolute atomic E-state index is 0.243. The predicted octanol–water partition coefficient (Wildman–Crippen LogP) is 2.73. The van der Waals surface area contributed by atoms with Gasteiger partial charge in [0.2, 0.25) is 0 Å². The number of carbonyl (C=O) groups excluding carboxylic acids is 1. The van der Waals surface area contributed by atoms with Crippen LogP contribution in [0.5, 0.6) is 0 Å². The Bertz CT molecular complexity index is 574. The zero-order chi connectivity index (χ0) is 13.0. The first kappa shape index (κ1) is 11.9. The van der Waals surface area contributed by atoms with E-state index in [9.17, 15) is 4.79 Å². The van der Waals surface area contributed by atoms with Crippen LogP contribution < -0.4 is 5.32 Å². The molecule has 0 unspecified atom stereocenters. The van der Waals surface area contributed by atoms with Gasteiger partial charge in [0.1, 0.15) is 0 Å². The number of hydrogen-bond donors (Lipinski definition) is 2. The first-order valence-corrected chi connectivity index (χ1v) is 5.34. The van der Waals surface area contributed by atoms with Crippen LogP contribution in [0, 0.1) is 0 Å². The summed E-state index contributed by atoms with van der Waals surface area (Å²) in [7, 11) is 0. The lowest BCUT2D eigenvalue weighted by atomic mass is 10.1. The first-order chi connectivity index (χ1) is 8.70. The van der Waals surface area contributed by atoms with Crippen molar-refractivity contribution in [3.8, 4) is 0 Å². The summed E-state index contributed by atoms with van der Waals surface area (Å²) in [5.74, 6) is -0.0799. The second kappa shape index (κ2) is 5.18. The van der Waals surface area contributed by atoms with Crippen LogP contribution in [-0.2, 0) is 0 Å². The highest BCUT2D eigenvalue weighted by atomic mass is 16.4. The van der Waals surface area contributed by atoms with E-state index in [0.29, 0.717) is 11.4 Å². The Balaban J connectivity index is 2.17. The maximum absolute atomic E-state index is 11.7. The maximum Gasteiger partial charge on any atom is 0.291 e. The van der Waals surface area contributed by atoms with Gasteiger partial charge in [0.15, 0.2) is 5.76 Å². The van der Waals surface area contributed by atoms with Crippen molar-refractivity contribution in [3.05, 3.63) is 54.0 Å². The van der Waals surface area contributed by atoms with Crippen LogP contribution in [0.2, 0.25) is 0 Å². The molecule has 1 aromatic heterocycles. The van der Waals surface area contributed by atoms with Crippen molar-refractivity contribution in [1.82, 2.24) is 0 Å². The van der Waals surface area contributed by atoms with Gasteiger partial charge < -0.3 is 14.9 Å². The number of amides is 1. The normalized spacial score (nSPS) is 11.3. The summed E-state index contributed by atoms with van der Waals surface area (Å²) < 4.78 is 4.99. The molecule has 0 saturated carbocycles. The van der Waals surface area contributed by atoms with Gasteiger partial charge in [0, 0.05) is 11.3 Å². The van der Waals surface area contributed by atoms with E-state index in [2.05, 4.69) is 10.5 Å². The Morgan fingerprint density at radius 2 is 2.17 bits per heavy atom. The molecule has 1 amide bonds. The Labute approximate surface area is 104 Å². The number of rotatable bonds is 3. The fraction of sp³-hybridized carbons (Fsp3) is 0.0769. The summed E-state index contributed by atoms with van der Waals surface area (Å²) in [6.45, 7) is 1.67. The maximum atomic E-state index is 11.7. The van der Waals surface area contributed by atoms with Gasteiger partial charge in [-0.2, -0.15) is 0 Å². The Hall–Kier alpha value is -2.56. The third-order valence-corrected chi connectivity index (χ3v) is 2.43. The van der Waals surface area contributed by atoms with E-state index >= 15 is 0 Å². The molecule has 0 saturated heterocycles. The van der Waals surface area contributed by atoms with Crippen molar-refractivity contribution in [2.24, 2.45) is 5.16 Å². The van der Waals surface area contributed by atoms with E-state index in [1.807, 2.05) is 0 Å². The molecule has 1 heterocycles. The molecule has 0 atom stereocenters. The van der Waals surface area contributed by atoms with E-state index in [-0.39, 0.29) is 11.7 Å². The van der Waals surface area contributed by atoms with Crippen molar-refractivity contribution in [3.63, 3.8) is 0 Å². The number of benzene rings is 1. The molecule has 5 nitrogen and oxygen atoms in total. The molecular weight excluding hydrogens is 232 g/mol. The van der Waals surface area contributed by atoms with Gasteiger partial charge in [-0.3, -0.25) is 4.79 Å². The second-order valence-electron chi connectivity index (χ2n) is 3.70. The number of furan rings is 1.